The topological polar surface area (TPSA) is 250 Å². The molecule has 0 aromatic carbocycles. The summed E-state index contributed by atoms with van der Waals surface area (Å²) in [5.74, 6) is -3.24. The van der Waals surface area contributed by atoms with Crippen molar-refractivity contribution in [2.24, 2.45) is 50.2 Å². The van der Waals surface area contributed by atoms with E-state index in [1.165, 1.54) is 5.57 Å². The van der Waals surface area contributed by atoms with Crippen LogP contribution in [-0.2, 0) is 33.3 Å². The third-order valence-electron chi connectivity index (χ3n) is 17.2. The van der Waals surface area contributed by atoms with E-state index < -0.39 is 90.8 Å². The summed E-state index contributed by atoms with van der Waals surface area (Å²) >= 11 is 0. The summed E-state index contributed by atoms with van der Waals surface area (Å²) in [5.41, 5.74) is -0.142. The highest BCUT2D eigenvalue weighted by atomic mass is 16.8. The van der Waals surface area contributed by atoms with E-state index >= 15 is 0 Å². The lowest BCUT2D eigenvalue weighted by atomic mass is 9.33. The molecule has 0 unspecified atom stereocenters. The van der Waals surface area contributed by atoms with Gasteiger partial charge in [-0.25, -0.2) is 9.59 Å². The number of carboxylic acid groups (broad SMARTS) is 3. The number of carbonyl (C=O) groups is 3. The van der Waals surface area contributed by atoms with Crippen LogP contribution >= 0.6 is 0 Å². The average molecular weight is 809 g/mol. The van der Waals surface area contributed by atoms with Crippen LogP contribution < -0.4 is 0 Å². The highest BCUT2D eigenvalue weighted by molar-refractivity contribution is 5.75. The first-order chi connectivity index (χ1) is 26.3. The summed E-state index contributed by atoms with van der Waals surface area (Å²) in [6, 6.07) is 0. The zero-order valence-electron chi connectivity index (χ0n) is 34.2. The maximum Gasteiger partial charge on any atom is 0.335 e. The van der Waals surface area contributed by atoms with E-state index in [-0.39, 0.29) is 38.9 Å². The van der Waals surface area contributed by atoms with Crippen LogP contribution in [0.5, 0.6) is 0 Å². The van der Waals surface area contributed by atoms with Crippen LogP contribution in [0.4, 0.5) is 0 Å². The van der Waals surface area contributed by atoms with Crippen molar-refractivity contribution >= 4 is 17.9 Å². The Kier molecular flexibility index (Phi) is 10.7. The van der Waals surface area contributed by atoms with Crippen molar-refractivity contribution in [1.82, 2.24) is 0 Å². The molecule has 2 heterocycles. The number of ether oxygens (including phenoxy) is 4. The number of rotatable bonds is 7. The standard InChI is InChI=1S/C42H64O15/c1-37(2)16-19(54-35-31(27(46)26(45)30(56-35)33(50)51)57-34-28(47)24(43)25(44)29(55-34)32(48)49)17-40(5)22(37)10-11-42(7)23(40)9-8-20-21-18-39(4,36(52)53)13-12-38(21,3)14-15-41(20,42)6/h8,19,21-31,34-35,43-47H,9-18H2,1-7H3,(H,48,49)(H,50,51)(H,52,53)/t19-,21+,22+,23-,24+,25+,26+,27+,28-,29+,30+,31-,34+,35-,38-,39+,40+,41-,42-/m1/s1. The summed E-state index contributed by atoms with van der Waals surface area (Å²) in [5, 5.41) is 83.3. The Hall–Kier alpha value is -2.21. The zero-order chi connectivity index (χ0) is 42.0. The van der Waals surface area contributed by atoms with Gasteiger partial charge in [-0.1, -0.05) is 53.2 Å². The van der Waals surface area contributed by atoms with Crippen LogP contribution in [0.2, 0.25) is 0 Å². The Morgan fingerprint density at radius 2 is 1.26 bits per heavy atom. The molecular weight excluding hydrogens is 744 g/mol. The third kappa shape index (κ3) is 6.52. The molecule has 7 rings (SSSR count). The quantitative estimate of drug-likeness (QED) is 0.136. The molecule has 2 saturated heterocycles. The van der Waals surface area contributed by atoms with Crippen LogP contribution in [0.15, 0.2) is 11.6 Å². The monoisotopic (exact) mass is 808 g/mol. The molecule has 0 radical (unpaired) electrons. The summed E-state index contributed by atoms with van der Waals surface area (Å²) in [4.78, 5) is 36.6. The molecule has 6 fully saturated rings. The molecule has 8 N–H and O–H groups in total. The van der Waals surface area contributed by atoms with Gasteiger partial charge in [-0.05, 0) is 116 Å². The van der Waals surface area contributed by atoms with Crippen LogP contribution in [0.25, 0.3) is 0 Å². The van der Waals surface area contributed by atoms with Crippen LogP contribution in [0.3, 0.4) is 0 Å². The molecule has 57 heavy (non-hydrogen) atoms. The number of aliphatic hydroxyl groups excluding tert-OH is 5. The minimum absolute atomic E-state index is 0.0477. The largest absolute Gasteiger partial charge is 0.481 e. The van der Waals surface area contributed by atoms with Gasteiger partial charge < -0.3 is 59.8 Å². The molecule has 0 aromatic rings. The highest BCUT2D eigenvalue weighted by Crippen LogP contribution is 2.76. The van der Waals surface area contributed by atoms with Crippen LogP contribution in [0, 0.1) is 50.2 Å². The summed E-state index contributed by atoms with van der Waals surface area (Å²) in [6.45, 7) is 15.8. The minimum atomic E-state index is -2.01. The lowest BCUT2D eigenvalue weighted by molar-refractivity contribution is -0.368. The Bertz CT molecular complexity index is 1650. The van der Waals surface area contributed by atoms with Crippen molar-refractivity contribution in [1.29, 1.82) is 0 Å². The highest BCUT2D eigenvalue weighted by Gasteiger charge is 2.68. The summed E-state index contributed by atoms with van der Waals surface area (Å²) in [6.07, 6.45) is -9.13. The van der Waals surface area contributed by atoms with E-state index in [9.17, 15) is 55.2 Å². The van der Waals surface area contributed by atoms with Crippen LogP contribution in [0.1, 0.15) is 113 Å². The van der Waals surface area contributed by atoms with Gasteiger partial charge in [0, 0.05) is 0 Å². The number of hydrogen-bond donors (Lipinski definition) is 8. The molecule has 0 spiro atoms. The fraction of sp³-hybridized carbons (Fsp3) is 0.881. The fourth-order valence-electron chi connectivity index (χ4n) is 13.7. The predicted octanol–water partition coefficient (Wildman–Crippen LogP) is 3.07. The van der Waals surface area contributed by atoms with E-state index in [0.29, 0.717) is 31.6 Å². The van der Waals surface area contributed by atoms with E-state index in [1.54, 1.807) is 0 Å². The number of carboxylic acids is 3. The van der Waals surface area contributed by atoms with E-state index in [1.807, 2.05) is 6.92 Å². The third-order valence-corrected chi connectivity index (χ3v) is 17.2. The number of allylic oxidation sites excluding steroid dienone is 2. The molecule has 0 amide bonds. The normalized spacial score (nSPS) is 53.2. The van der Waals surface area contributed by atoms with Gasteiger partial charge in [0.05, 0.1) is 11.5 Å². The van der Waals surface area contributed by atoms with Gasteiger partial charge in [-0.15, -0.1) is 0 Å². The molecule has 5 aliphatic carbocycles. The minimum Gasteiger partial charge on any atom is -0.481 e. The smallest absolute Gasteiger partial charge is 0.335 e. The predicted molar refractivity (Wildman–Crippen MR) is 199 cm³/mol. The number of fused-ring (bicyclic) bond motifs is 7. The first-order valence-electron chi connectivity index (χ1n) is 20.8. The first-order valence-corrected chi connectivity index (χ1v) is 20.8. The van der Waals surface area contributed by atoms with E-state index in [4.69, 9.17) is 18.9 Å². The molecule has 2 aliphatic heterocycles. The molecule has 19 atom stereocenters. The number of aliphatic hydroxyl groups is 5. The lowest BCUT2D eigenvalue weighted by Gasteiger charge is -2.71. The molecule has 15 nitrogen and oxygen atoms in total. The van der Waals surface area contributed by atoms with Crippen molar-refractivity contribution in [2.75, 3.05) is 0 Å². The van der Waals surface area contributed by atoms with Gasteiger partial charge in [0.1, 0.15) is 36.6 Å². The first kappa shape index (κ1) is 42.9. The zero-order valence-corrected chi connectivity index (χ0v) is 34.2. The Balaban J connectivity index is 1.19. The summed E-state index contributed by atoms with van der Waals surface area (Å²) in [7, 11) is 0. The molecule has 0 aromatic heterocycles. The van der Waals surface area contributed by atoms with Crippen molar-refractivity contribution in [3.05, 3.63) is 11.6 Å². The van der Waals surface area contributed by atoms with Gasteiger partial charge in [0.15, 0.2) is 24.8 Å². The Morgan fingerprint density at radius 1 is 0.667 bits per heavy atom. The Morgan fingerprint density at radius 3 is 1.88 bits per heavy atom. The molecule has 7 aliphatic rings. The van der Waals surface area contributed by atoms with Crippen LogP contribution in [-0.4, -0.2) is 126 Å². The Labute approximate surface area is 333 Å². The van der Waals surface area contributed by atoms with Gasteiger partial charge in [-0.3, -0.25) is 4.79 Å². The molecule has 0 bridgehead atoms. The maximum atomic E-state index is 12.5. The number of hydrogen-bond acceptors (Lipinski definition) is 12. The molecule has 322 valence electrons. The van der Waals surface area contributed by atoms with Crippen molar-refractivity contribution in [3.8, 4) is 0 Å². The van der Waals surface area contributed by atoms with E-state index in [2.05, 4.69) is 47.6 Å². The van der Waals surface area contributed by atoms with Gasteiger partial charge in [0.2, 0.25) is 0 Å². The molecule has 4 saturated carbocycles. The van der Waals surface area contributed by atoms with Gasteiger partial charge >= 0.3 is 17.9 Å². The summed E-state index contributed by atoms with van der Waals surface area (Å²) < 4.78 is 23.6. The molecular formula is C42H64O15. The second-order valence-corrected chi connectivity index (χ2v) is 20.8. The average Bonchev–Trinajstić information content (AvgIpc) is 3.11. The van der Waals surface area contributed by atoms with Gasteiger partial charge in [-0.2, -0.15) is 0 Å². The number of aliphatic carboxylic acids is 3. The van der Waals surface area contributed by atoms with Crippen molar-refractivity contribution in [3.63, 3.8) is 0 Å². The van der Waals surface area contributed by atoms with Crippen molar-refractivity contribution in [2.45, 2.75) is 180 Å². The molecule has 15 heteroatoms. The maximum absolute atomic E-state index is 12.5. The van der Waals surface area contributed by atoms with Gasteiger partial charge in [0.25, 0.3) is 0 Å². The van der Waals surface area contributed by atoms with Crippen molar-refractivity contribution < 1.29 is 74.2 Å². The second kappa shape index (κ2) is 14.2. The second-order valence-electron chi connectivity index (χ2n) is 20.8. The SMILES string of the molecule is CC1(C)C[C@@H](O[C@@H]2O[C@H](C(=O)O)[C@@H](O)[C@H](O)[C@H]2O[C@@H]2O[C@H](C(=O)O)[C@@H](O)[C@H](O)[C@H]2O)C[C@]2(C)[C@H]3CC=C4[C@@H]5C[C@@](C)(C(=O)O)CC[C@]5(C)CC[C@@]4(C)[C@]3(C)CC[C@@H]12. The lowest BCUT2D eigenvalue weighted by Crippen LogP contribution is -2.66. The fourth-order valence-corrected chi connectivity index (χ4v) is 13.7. The van der Waals surface area contributed by atoms with E-state index in [0.717, 1.165) is 38.5 Å².